The molecule has 1 fully saturated rings. The number of carbonyl (C=O) groups is 2. The number of esters is 1. The first kappa shape index (κ1) is 17.6. The smallest absolute Gasteiger partial charge is 0.356 e. The summed E-state index contributed by atoms with van der Waals surface area (Å²) < 4.78 is 5.13. The quantitative estimate of drug-likeness (QED) is 0.810. The van der Waals surface area contributed by atoms with Crippen LogP contribution >= 0.6 is 0 Å². The van der Waals surface area contributed by atoms with E-state index in [0.717, 1.165) is 29.9 Å². The summed E-state index contributed by atoms with van der Waals surface area (Å²) in [7, 11) is 0. The fraction of sp³-hybridized carbons (Fsp3) is 0.450. The van der Waals surface area contributed by atoms with E-state index in [1.54, 1.807) is 13.1 Å². The second kappa shape index (κ2) is 7.06. The van der Waals surface area contributed by atoms with Crippen LogP contribution in [0.25, 0.3) is 0 Å². The molecule has 7 heteroatoms. The van der Waals surface area contributed by atoms with Gasteiger partial charge in [0.15, 0.2) is 0 Å². The standard InChI is InChI=1S/C20H24N4O3/c1-3-27-20(26)19-15(11-21-23-19)14-10-17(25)22-18-12(2)16(7-6-13(14)18)24-8-4-5-9-24/h6-7,11,14H,3-5,8-10H2,1-2H3,(H,21,23)(H,22,25). The van der Waals surface area contributed by atoms with E-state index in [4.69, 9.17) is 4.74 Å². The monoisotopic (exact) mass is 368 g/mol. The van der Waals surface area contributed by atoms with Crippen LogP contribution in [0, 0.1) is 6.92 Å². The molecule has 1 aromatic carbocycles. The van der Waals surface area contributed by atoms with Crippen LogP contribution in [0.5, 0.6) is 0 Å². The van der Waals surface area contributed by atoms with Crippen LogP contribution in [0.3, 0.4) is 0 Å². The molecule has 2 N–H and O–H groups in total. The number of H-pyrrole nitrogens is 1. The Morgan fingerprint density at radius 2 is 2.07 bits per heavy atom. The molecule has 2 aliphatic heterocycles. The summed E-state index contributed by atoms with van der Waals surface area (Å²) in [5.74, 6) is -0.716. The van der Waals surface area contributed by atoms with Gasteiger partial charge >= 0.3 is 5.97 Å². The number of fused-ring (bicyclic) bond motifs is 1. The summed E-state index contributed by atoms with van der Waals surface area (Å²) in [6, 6.07) is 4.20. The first-order valence-corrected chi connectivity index (χ1v) is 9.48. The predicted molar refractivity (Wildman–Crippen MR) is 102 cm³/mol. The minimum Gasteiger partial charge on any atom is -0.461 e. The second-order valence-electron chi connectivity index (χ2n) is 7.09. The largest absolute Gasteiger partial charge is 0.461 e. The SMILES string of the molecule is CCOC(=O)c1[nH]ncc1C1CC(=O)Nc2c1ccc(N1CCCC1)c2C. The van der Waals surface area contributed by atoms with E-state index in [0.29, 0.717) is 11.3 Å². The van der Waals surface area contributed by atoms with Gasteiger partial charge < -0.3 is 15.0 Å². The van der Waals surface area contributed by atoms with Crippen molar-refractivity contribution in [2.45, 2.75) is 39.0 Å². The summed E-state index contributed by atoms with van der Waals surface area (Å²) in [5, 5.41) is 9.82. The van der Waals surface area contributed by atoms with Gasteiger partial charge in [-0.1, -0.05) is 6.07 Å². The van der Waals surface area contributed by atoms with Crippen molar-refractivity contribution in [1.29, 1.82) is 0 Å². The number of hydrogen-bond acceptors (Lipinski definition) is 5. The molecule has 2 aromatic rings. The number of carbonyl (C=O) groups excluding carboxylic acids is 2. The molecule has 0 aliphatic carbocycles. The zero-order valence-electron chi connectivity index (χ0n) is 15.7. The molecule has 1 atom stereocenters. The molecule has 2 aliphatic rings. The van der Waals surface area contributed by atoms with Crippen molar-refractivity contribution in [2.75, 3.05) is 29.9 Å². The average Bonchev–Trinajstić information content (AvgIpc) is 3.34. The Morgan fingerprint density at radius 3 is 2.81 bits per heavy atom. The number of amides is 1. The van der Waals surface area contributed by atoms with Gasteiger partial charge in [0.1, 0.15) is 5.69 Å². The van der Waals surface area contributed by atoms with Gasteiger partial charge in [0.25, 0.3) is 0 Å². The van der Waals surface area contributed by atoms with E-state index in [1.807, 2.05) is 0 Å². The lowest BCUT2D eigenvalue weighted by molar-refractivity contribution is -0.116. The summed E-state index contributed by atoms with van der Waals surface area (Å²) in [6.07, 6.45) is 4.30. The van der Waals surface area contributed by atoms with Crippen LogP contribution < -0.4 is 10.2 Å². The summed E-state index contributed by atoms with van der Waals surface area (Å²) >= 11 is 0. The highest BCUT2D eigenvalue weighted by Gasteiger charge is 2.33. The molecule has 7 nitrogen and oxygen atoms in total. The lowest BCUT2D eigenvalue weighted by Crippen LogP contribution is -2.27. The third kappa shape index (κ3) is 3.07. The molecule has 1 saturated heterocycles. The zero-order valence-corrected chi connectivity index (χ0v) is 15.7. The Bertz CT molecular complexity index is 883. The molecule has 1 amide bonds. The Hall–Kier alpha value is -2.83. The maximum atomic E-state index is 12.5. The maximum absolute atomic E-state index is 12.5. The maximum Gasteiger partial charge on any atom is 0.356 e. The Morgan fingerprint density at radius 1 is 1.30 bits per heavy atom. The third-order valence-electron chi connectivity index (χ3n) is 5.47. The lowest BCUT2D eigenvalue weighted by Gasteiger charge is -2.30. The molecular weight excluding hydrogens is 344 g/mol. The lowest BCUT2D eigenvalue weighted by atomic mass is 9.83. The molecule has 142 valence electrons. The Kier molecular flexibility index (Phi) is 4.59. The highest BCUT2D eigenvalue weighted by molar-refractivity contribution is 5.98. The van der Waals surface area contributed by atoms with Crippen molar-refractivity contribution in [3.8, 4) is 0 Å². The molecule has 27 heavy (non-hydrogen) atoms. The normalized spacial score (nSPS) is 19.0. The van der Waals surface area contributed by atoms with Crippen LogP contribution in [0.2, 0.25) is 0 Å². The van der Waals surface area contributed by atoms with Crippen molar-refractivity contribution < 1.29 is 14.3 Å². The van der Waals surface area contributed by atoms with E-state index in [9.17, 15) is 9.59 Å². The van der Waals surface area contributed by atoms with Crippen molar-refractivity contribution >= 4 is 23.3 Å². The first-order valence-electron chi connectivity index (χ1n) is 9.48. The van der Waals surface area contributed by atoms with Crippen molar-refractivity contribution in [3.05, 3.63) is 40.7 Å². The number of aromatic nitrogens is 2. The molecule has 3 heterocycles. The molecular formula is C20H24N4O3. The minimum atomic E-state index is -0.442. The van der Waals surface area contributed by atoms with E-state index in [1.165, 1.54) is 18.5 Å². The number of anilines is 2. The van der Waals surface area contributed by atoms with E-state index >= 15 is 0 Å². The topological polar surface area (TPSA) is 87.3 Å². The van der Waals surface area contributed by atoms with Gasteiger partial charge in [-0.3, -0.25) is 9.89 Å². The Balaban J connectivity index is 1.76. The second-order valence-corrected chi connectivity index (χ2v) is 7.09. The minimum absolute atomic E-state index is 0.0508. The number of rotatable bonds is 4. The molecule has 0 spiro atoms. The molecule has 0 radical (unpaired) electrons. The van der Waals surface area contributed by atoms with Gasteiger partial charge in [-0.2, -0.15) is 5.10 Å². The van der Waals surface area contributed by atoms with Gasteiger partial charge in [-0.05, 0) is 43.9 Å². The van der Waals surface area contributed by atoms with E-state index in [-0.39, 0.29) is 24.9 Å². The van der Waals surface area contributed by atoms with Crippen LogP contribution in [0.1, 0.15) is 59.3 Å². The first-order chi connectivity index (χ1) is 13.1. The molecule has 0 saturated carbocycles. The third-order valence-corrected chi connectivity index (χ3v) is 5.47. The fourth-order valence-corrected chi connectivity index (χ4v) is 4.17. The molecule has 0 bridgehead atoms. The fourth-order valence-electron chi connectivity index (χ4n) is 4.17. The van der Waals surface area contributed by atoms with Gasteiger partial charge in [-0.25, -0.2) is 4.79 Å². The molecule has 1 aromatic heterocycles. The molecule has 1 unspecified atom stereocenters. The summed E-state index contributed by atoms with van der Waals surface area (Å²) in [5.41, 5.74) is 5.15. The number of benzene rings is 1. The number of hydrogen-bond donors (Lipinski definition) is 2. The number of ether oxygens (including phenoxy) is 1. The number of nitrogens with zero attached hydrogens (tertiary/aromatic N) is 2. The van der Waals surface area contributed by atoms with Gasteiger partial charge in [0.05, 0.1) is 12.8 Å². The summed E-state index contributed by atoms with van der Waals surface area (Å²) in [6.45, 7) is 6.20. The number of nitrogens with one attached hydrogen (secondary N) is 2. The highest BCUT2D eigenvalue weighted by Crippen LogP contribution is 2.42. The van der Waals surface area contributed by atoms with Gasteiger partial charge in [0.2, 0.25) is 5.91 Å². The summed E-state index contributed by atoms with van der Waals surface area (Å²) in [4.78, 5) is 27.1. The van der Waals surface area contributed by atoms with Crippen LogP contribution in [0.4, 0.5) is 11.4 Å². The van der Waals surface area contributed by atoms with E-state index < -0.39 is 5.97 Å². The zero-order chi connectivity index (χ0) is 19.0. The van der Waals surface area contributed by atoms with Crippen LogP contribution in [-0.4, -0.2) is 41.8 Å². The van der Waals surface area contributed by atoms with Crippen molar-refractivity contribution in [2.24, 2.45) is 0 Å². The van der Waals surface area contributed by atoms with Crippen molar-refractivity contribution in [1.82, 2.24) is 10.2 Å². The van der Waals surface area contributed by atoms with Crippen molar-refractivity contribution in [3.63, 3.8) is 0 Å². The Labute approximate surface area is 158 Å². The average molecular weight is 368 g/mol. The van der Waals surface area contributed by atoms with E-state index in [2.05, 4.69) is 39.5 Å². The highest BCUT2D eigenvalue weighted by atomic mass is 16.5. The van der Waals surface area contributed by atoms with Crippen LogP contribution in [0.15, 0.2) is 18.3 Å². The molecule has 4 rings (SSSR count). The number of aromatic amines is 1. The van der Waals surface area contributed by atoms with Crippen LogP contribution in [-0.2, 0) is 9.53 Å². The van der Waals surface area contributed by atoms with Gasteiger partial charge in [0, 0.05) is 42.4 Å². The van der Waals surface area contributed by atoms with Gasteiger partial charge in [-0.15, -0.1) is 0 Å². The predicted octanol–water partition coefficient (Wildman–Crippen LogP) is 2.97.